The predicted octanol–water partition coefficient (Wildman–Crippen LogP) is 5.62. The molecule has 0 fully saturated rings. The summed E-state index contributed by atoms with van der Waals surface area (Å²) < 4.78 is 17.9. The van der Waals surface area contributed by atoms with Gasteiger partial charge in [0.25, 0.3) is 5.89 Å². The monoisotopic (exact) mass is 510 g/mol. The Bertz CT molecular complexity index is 1540. The molecule has 38 heavy (non-hydrogen) atoms. The van der Waals surface area contributed by atoms with E-state index in [-0.39, 0.29) is 0 Å². The molecule has 0 unspecified atom stereocenters. The zero-order valence-corrected chi connectivity index (χ0v) is 21.1. The van der Waals surface area contributed by atoms with Gasteiger partial charge in [-0.15, -0.1) is 0 Å². The van der Waals surface area contributed by atoms with Crippen LogP contribution in [0, 0.1) is 6.92 Å². The number of hydrogen-bond donors (Lipinski definition) is 2. The number of nitrogens with zero attached hydrogens (tertiary/aromatic N) is 4. The average molecular weight is 511 g/mol. The van der Waals surface area contributed by atoms with Gasteiger partial charge in [-0.3, -0.25) is 0 Å². The van der Waals surface area contributed by atoms with Crippen LogP contribution in [0.4, 0.5) is 16.2 Å². The molecule has 2 aromatic heterocycles. The molecular weight excluding hydrogens is 484 g/mol. The number of amides is 2. The van der Waals surface area contributed by atoms with E-state index in [4.69, 9.17) is 14.0 Å². The van der Waals surface area contributed by atoms with Crippen molar-refractivity contribution >= 4 is 17.4 Å². The number of rotatable bonds is 8. The second kappa shape index (κ2) is 10.9. The standard InChI is InChI=1S/C28H26N6O4/c1-18-4-8-20(9-5-18)26-32-27(38-33-26)24-16-34(17-29-24)15-19-6-10-21(11-7-19)30-28(35)31-23-14-22(36-2)12-13-25(23)37-3/h4-14,16-17H,15H2,1-3H3,(H2,30,31,35). The van der Waals surface area contributed by atoms with Crippen LogP contribution in [-0.2, 0) is 6.54 Å². The number of methoxy groups -OCH3 is 2. The molecule has 0 saturated carbocycles. The third-order valence-electron chi connectivity index (χ3n) is 5.82. The van der Waals surface area contributed by atoms with Gasteiger partial charge in [0.15, 0.2) is 0 Å². The summed E-state index contributed by atoms with van der Waals surface area (Å²) in [4.78, 5) is 21.4. The van der Waals surface area contributed by atoms with Crippen LogP contribution in [0.25, 0.3) is 23.0 Å². The Morgan fingerprint density at radius 2 is 1.76 bits per heavy atom. The van der Waals surface area contributed by atoms with Gasteiger partial charge in [-0.05, 0) is 36.8 Å². The summed E-state index contributed by atoms with van der Waals surface area (Å²) in [7, 11) is 3.10. The van der Waals surface area contributed by atoms with Crippen LogP contribution < -0.4 is 20.1 Å². The number of carbonyl (C=O) groups excluding carboxylic acids is 1. The number of nitrogens with one attached hydrogen (secondary N) is 2. The largest absolute Gasteiger partial charge is 0.497 e. The van der Waals surface area contributed by atoms with Crippen molar-refractivity contribution in [3.63, 3.8) is 0 Å². The Morgan fingerprint density at radius 3 is 2.50 bits per heavy atom. The number of aromatic nitrogens is 4. The van der Waals surface area contributed by atoms with E-state index in [1.165, 1.54) is 7.11 Å². The third kappa shape index (κ3) is 5.65. The Balaban J connectivity index is 1.20. The normalized spacial score (nSPS) is 10.7. The average Bonchev–Trinajstić information content (AvgIpc) is 3.60. The number of benzene rings is 3. The van der Waals surface area contributed by atoms with Crippen LogP contribution in [0.15, 0.2) is 83.8 Å². The lowest BCUT2D eigenvalue weighted by Gasteiger charge is -2.13. The van der Waals surface area contributed by atoms with Crippen molar-refractivity contribution in [1.29, 1.82) is 0 Å². The van der Waals surface area contributed by atoms with E-state index in [0.717, 1.165) is 16.7 Å². The first-order valence-electron chi connectivity index (χ1n) is 11.8. The zero-order valence-electron chi connectivity index (χ0n) is 21.1. The van der Waals surface area contributed by atoms with Crippen LogP contribution >= 0.6 is 0 Å². The molecule has 0 saturated heterocycles. The highest BCUT2D eigenvalue weighted by atomic mass is 16.5. The zero-order chi connectivity index (χ0) is 26.5. The van der Waals surface area contributed by atoms with Crippen molar-refractivity contribution in [3.8, 4) is 34.5 Å². The van der Waals surface area contributed by atoms with Crippen LogP contribution in [-0.4, -0.2) is 39.9 Å². The molecule has 0 bridgehead atoms. The lowest BCUT2D eigenvalue weighted by molar-refractivity contribution is 0.262. The summed E-state index contributed by atoms with van der Waals surface area (Å²) >= 11 is 0. The van der Waals surface area contributed by atoms with E-state index in [2.05, 4.69) is 25.8 Å². The first kappa shape index (κ1) is 24.6. The number of hydrogen-bond acceptors (Lipinski definition) is 7. The van der Waals surface area contributed by atoms with Crippen LogP contribution in [0.5, 0.6) is 11.5 Å². The highest BCUT2D eigenvalue weighted by molar-refractivity contribution is 6.00. The number of imidazole rings is 1. The fourth-order valence-corrected chi connectivity index (χ4v) is 3.81. The van der Waals surface area contributed by atoms with Crippen LogP contribution in [0.3, 0.4) is 0 Å². The van der Waals surface area contributed by atoms with E-state index >= 15 is 0 Å². The molecule has 2 amide bonds. The minimum Gasteiger partial charge on any atom is -0.497 e. The van der Waals surface area contributed by atoms with Gasteiger partial charge >= 0.3 is 6.03 Å². The van der Waals surface area contributed by atoms with Crippen LogP contribution in [0.1, 0.15) is 11.1 Å². The topological polar surface area (TPSA) is 116 Å². The van der Waals surface area contributed by atoms with Gasteiger partial charge in [0, 0.05) is 30.1 Å². The SMILES string of the molecule is COc1ccc(OC)c(NC(=O)Nc2ccc(Cn3cnc(-c4nc(-c5ccc(C)cc5)no4)c3)cc2)c1. The van der Waals surface area contributed by atoms with Crippen molar-refractivity contribution in [2.45, 2.75) is 13.5 Å². The summed E-state index contributed by atoms with van der Waals surface area (Å²) in [5.41, 5.74) is 4.82. The summed E-state index contributed by atoms with van der Waals surface area (Å²) in [6.45, 7) is 2.61. The number of anilines is 2. The molecular formula is C28H26N6O4. The van der Waals surface area contributed by atoms with Crippen molar-refractivity contribution < 1.29 is 18.8 Å². The minimum atomic E-state index is -0.395. The molecule has 5 rings (SSSR count). The smallest absolute Gasteiger partial charge is 0.323 e. The quantitative estimate of drug-likeness (QED) is 0.278. The maximum atomic E-state index is 12.5. The molecule has 0 radical (unpaired) electrons. The third-order valence-corrected chi connectivity index (χ3v) is 5.82. The molecule has 2 heterocycles. The fraction of sp³-hybridized carbons (Fsp3) is 0.143. The van der Waals surface area contributed by atoms with Crippen molar-refractivity contribution in [2.24, 2.45) is 0 Å². The number of aryl methyl sites for hydroxylation is 1. The maximum absolute atomic E-state index is 12.5. The van der Waals surface area contributed by atoms with E-state index in [1.54, 1.807) is 31.6 Å². The fourth-order valence-electron chi connectivity index (χ4n) is 3.81. The van der Waals surface area contributed by atoms with Crippen molar-refractivity contribution in [1.82, 2.24) is 19.7 Å². The number of urea groups is 1. The summed E-state index contributed by atoms with van der Waals surface area (Å²) in [5, 5.41) is 9.68. The van der Waals surface area contributed by atoms with E-state index in [9.17, 15) is 4.79 Å². The van der Waals surface area contributed by atoms with Gasteiger partial charge < -0.3 is 29.2 Å². The molecule has 0 aliphatic heterocycles. The lowest BCUT2D eigenvalue weighted by atomic mass is 10.1. The number of carbonyl (C=O) groups is 1. The summed E-state index contributed by atoms with van der Waals surface area (Å²) in [6.07, 6.45) is 3.57. The molecule has 0 spiro atoms. The Hall–Kier alpha value is -5.12. The van der Waals surface area contributed by atoms with Gasteiger partial charge in [0.05, 0.1) is 26.2 Å². The molecule has 5 aromatic rings. The first-order valence-corrected chi connectivity index (χ1v) is 11.8. The molecule has 10 nitrogen and oxygen atoms in total. The molecule has 0 atom stereocenters. The Labute approximate surface area is 219 Å². The van der Waals surface area contributed by atoms with E-state index < -0.39 is 6.03 Å². The highest BCUT2D eigenvalue weighted by Crippen LogP contribution is 2.29. The molecule has 10 heteroatoms. The first-order chi connectivity index (χ1) is 18.5. The molecule has 0 aliphatic carbocycles. The van der Waals surface area contributed by atoms with E-state index in [1.807, 2.05) is 66.2 Å². The second-order valence-electron chi connectivity index (χ2n) is 8.56. The predicted molar refractivity (Wildman–Crippen MR) is 143 cm³/mol. The van der Waals surface area contributed by atoms with E-state index in [0.29, 0.717) is 46.8 Å². The summed E-state index contributed by atoms with van der Waals surface area (Å²) in [5.74, 6) is 2.02. The molecule has 3 aromatic carbocycles. The van der Waals surface area contributed by atoms with Gasteiger partial charge in [-0.1, -0.05) is 47.1 Å². The molecule has 192 valence electrons. The van der Waals surface area contributed by atoms with Gasteiger partial charge in [0.1, 0.15) is 17.2 Å². The molecule has 0 aliphatic rings. The van der Waals surface area contributed by atoms with Crippen molar-refractivity contribution in [2.75, 3.05) is 24.9 Å². The van der Waals surface area contributed by atoms with Gasteiger partial charge in [-0.25, -0.2) is 9.78 Å². The lowest BCUT2D eigenvalue weighted by Crippen LogP contribution is -2.19. The van der Waals surface area contributed by atoms with Gasteiger partial charge in [0.2, 0.25) is 5.82 Å². The summed E-state index contributed by atoms with van der Waals surface area (Å²) in [6, 6.07) is 20.2. The second-order valence-corrected chi connectivity index (χ2v) is 8.56. The highest BCUT2D eigenvalue weighted by Gasteiger charge is 2.14. The minimum absolute atomic E-state index is 0.359. The number of ether oxygens (including phenoxy) is 2. The van der Waals surface area contributed by atoms with Crippen molar-refractivity contribution in [3.05, 3.63) is 90.4 Å². The molecule has 2 N–H and O–H groups in total. The van der Waals surface area contributed by atoms with Gasteiger partial charge in [-0.2, -0.15) is 4.98 Å². The van der Waals surface area contributed by atoms with Crippen LogP contribution in [0.2, 0.25) is 0 Å². The maximum Gasteiger partial charge on any atom is 0.323 e. The Kier molecular flexibility index (Phi) is 7.03. The Morgan fingerprint density at radius 1 is 0.974 bits per heavy atom.